The van der Waals surface area contributed by atoms with Gasteiger partial charge >= 0.3 is 6.18 Å². The average molecular weight is 422 g/mol. The lowest BCUT2D eigenvalue weighted by Gasteiger charge is -2.31. The van der Waals surface area contributed by atoms with Gasteiger partial charge < -0.3 is 13.7 Å². The van der Waals surface area contributed by atoms with Crippen LogP contribution >= 0.6 is 0 Å². The Morgan fingerprint density at radius 3 is 2.53 bits per heavy atom. The van der Waals surface area contributed by atoms with Crippen LogP contribution in [0.5, 0.6) is 5.75 Å². The molecule has 1 aliphatic heterocycles. The van der Waals surface area contributed by atoms with Crippen LogP contribution in [0.2, 0.25) is 0 Å². The minimum absolute atomic E-state index is 0.0948. The van der Waals surface area contributed by atoms with Gasteiger partial charge in [-0.25, -0.2) is 4.98 Å². The summed E-state index contributed by atoms with van der Waals surface area (Å²) in [6, 6.07) is 7.34. The summed E-state index contributed by atoms with van der Waals surface area (Å²) in [6.07, 6.45) is -2.06. The van der Waals surface area contributed by atoms with E-state index in [2.05, 4.69) is 15.1 Å². The molecule has 1 fully saturated rings. The summed E-state index contributed by atoms with van der Waals surface area (Å²) in [6.45, 7) is 1.06. The van der Waals surface area contributed by atoms with Crippen molar-refractivity contribution >= 4 is 0 Å². The third-order valence-electron chi connectivity index (χ3n) is 5.15. The second-order valence-electron chi connectivity index (χ2n) is 7.25. The fourth-order valence-electron chi connectivity index (χ4n) is 3.45. The zero-order chi connectivity index (χ0) is 21.1. The Labute approximate surface area is 170 Å². The summed E-state index contributed by atoms with van der Waals surface area (Å²) in [5.74, 6) is 0.828. The van der Waals surface area contributed by atoms with Gasteiger partial charge in [-0.15, -0.1) is 0 Å². The number of methoxy groups -OCH3 is 1. The van der Waals surface area contributed by atoms with Crippen LogP contribution < -0.4 is 4.74 Å². The first-order valence-electron chi connectivity index (χ1n) is 9.60. The SMILES string of the molecule is COc1ccc(-c2nc(Cc3noc(CN4CCC(C(F)(F)F)CC4)n3)co2)cc1. The van der Waals surface area contributed by atoms with E-state index < -0.39 is 12.1 Å². The lowest BCUT2D eigenvalue weighted by Crippen LogP contribution is -2.38. The minimum Gasteiger partial charge on any atom is -0.497 e. The van der Waals surface area contributed by atoms with E-state index in [0.29, 0.717) is 49.4 Å². The van der Waals surface area contributed by atoms with Gasteiger partial charge in [-0.2, -0.15) is 18.2 Å². The predicted molar refractivity (Wildman–Crippen MR) is 99.7 cm³/mol. The Hall–Kier alpha value is -2.88. The molecule has 1 aromatic carbocycles. The number of rotatable bonds is 6. The quantitative estimate of drug-likeness (QED) is 0.592. The van der Waals surface area contributed by atoms with E-state index in [4.69, 9.17) is 13.7 Å². The fraction of sp³-hybridized carbons (Fsp3) is 0.450. The number of piperidine rings is 1. The van der Waals surface area contributed by atoms with Crippen LogP contribution in [-0.4, -0.2) is 46.4 Å². The zero-order valence-corrected chi connectivity index (χ0v) is 16.4. The summed E-state index contributed by atoms with van der Waals surface area (Å²) >= 11 is 0. The van der Waals surface area contributed by atoms with Crippen molar-refractivity contribution in [1.82, 2.24) is 20.0 Å². The Bertz CT molecular complexity index is 960. The molecule has 0 aliphatic carbocycles. The third-order valence-corrected chi connectivity index (χ3v) is 5.15. The molecule has 0 bridgehead atoms. The van der Waals surface area contributed by atoms with Gasteiger partial charge in [-0.1, -0.05) is 5.16 Å². The molecular formula is C20H21F3N4O3. The highest BCUT2D eigenvalue weighted by Gasteiger charge is 2.41. The highest BCUT2D eigenvalue weighted by molar-refractivity contribution is 5.54. The number of aromatic nitrogens is 3. The van der Waals surface area contributed by atoms with Gasteiger partial charge in [0.1, 0.15) is 12.0 Å². The summed E-state index contributed by atoms with van der Waals surface area (Å²) < 4.78 is 54.2. The molecule has 1 aliphatic rings. The van der Waals surface area contributed by atoms with E-state index in [1.54, 1.807) is 7.11 Å². The van der Waals surface area contributed by atoms with Crippen molar-refractivity contribution in [2.45, 2.75) is 32.0 Å². The van der Waals surface area contributed by atoms with Gasteiger partial charge in [-0.3, -0.25) is 4.90 Å². The first-order valence-corrected chi connectivity index (χ1v) is 9.60. The number of likely N-dealkylation sites (tertiary alicyclic amines) is 1. The topological polar surface area (TPSA) is 77.4 Å². The van der Waals surface area contributed by atoms with Gasteiger partial charge in [0.15, 0.2) is 5.82 Å². The highest BCUT2D eigenvalue weighted by Crippen LogP contribution is 2.34. The highest BCUT2D eigenvalue weighted by atomic mass is 19.4. The van der Waals surface area contributed by atoms with Crippen molar-refractivity contribution in [3.63, 3.8) is 0 Å². The number of ether oxygens (including phenoxy) is 1. The number of hydrogen-bond acceptors (Lipinski definition) is 7. The molecule has 0 unspecified atom stereocenters. The van der Waals surface area contributed by atoms with Crippen molar-refractivity contribution in [1.29, 1.82) is 0 Å². The Balaban J connectivity index is 1.32. The molecule has 0 spiro atoms. The minimum atomic E-state index is -4.12. The Morgan fingerprint density at radius 2 is 1.87 bits per heavy atom. The molecule has 1 saturated heterocycles. The number of oxazole rings is 1. The molecule has 2 aromatic heterocycles. The van der Waals surface area contributed by atoms with Crippen LogP contribution in [0.25, 0.3) is 11.5 Å². The summed E-state index contributed by atoms with van der Waals surface area (Å²) in [4.78, 5) is 10.7. The van der Waals surface area contributed by atoms with Crippen LogP contribution in [0.1, 0.15) is 30.3 Å². The summed E-state index contributed by atoms with van der Waals surface area (Å²) in [5, 5.41) is 3.94. The smallest absolute Gasteiger partial charge is 0.391 e. The van der Waals surface area contributed by atoms with Crippen molar-refractivity contribution in [2.24, 2.45) is 5.92 Å². The second-order valence-corrected chi connectivity index (χ2v) is 7.25. The van der Waals surface area contributed by atoms with Crippen LogP contribution in [0.3, 0.4) is 0 Å². The van der Waals surface area contributed by atoms with Crippen molar-refractivity contribution in [3.8, 4) is 17.2 Å². The van der Waals surface area contributed by atoms with E-state index in [1.165, 1.54) is 6.26 Å². The lowest BCUT2D eigenvalue weighted by molar-refractivity contribution is -0.185. The zero-order valence-electron chi connectivity index (χ0n) is 16.4. The number of nitrogens with zero attached hydrogens (tertiary/aromatic N) is 4. The van der Waals surface area contributed by atoms with Crippen molar-refractivity contribution in [2.75, 3.05) is 20.2 Å². The van der Waals surface area contributed by atoms with Crippen LogP contribution in [0.4, 0.5) is 13.2 Å². The first-order chi connectivity index (χ1) is 14.4. The van der Waals surface area contributed by atoms with E-state index in [1.807, 2.05) is 29.2 Å². The molecule has 160 valence electrons. The molecule has 3 heterocycles. The predicted octanol–water partition coefficient (Wildman–Crippen LogP) is 4.10. The van der Waals surface area contributed by atoms with E-state index in [9.17, 15) is 13.2 Å². The Kier molecular flexibility index (Phi) is 5.76. The largest absolute Gasteiger partial charge is 0.497 e. The molecule has 10 heteroatoms. The Morgan fingerprint density at radius 1 is 1.13 bits per heavy atom. The average Bonchev–Trinajstić information content (AvgIpc) is 3.38. The monoisotopic (exact) mass is 422 g/mol. The molecule has 7 nitrogen and oxygen atoms in total. The van der Waals surface area contributed by atoms with Gasteiger partial charge in [0.05, 0.1) is 31.7 Å². The van der Waals surface area contributed by atoms with Crippen molar-refractivity contribution < 1.29 is 26.8 Å². The van der Waals surface area contributed by atoms with Gasteiger partial charge in [0.2, 0.25) is 11.8 Å². The molecule has 0 N–H and O–H groups in total. The number of hydrogen-bond donors (Lipinski definition) is 0. The van der Waals surface area contributed by atoms with E-state index >= 15 is 0 Å². The second kappa shape index (κ2) is 8.47. The fourth-order valence-corrected chi connectivity index (χ4v) is 3.45. The van der Waals surface area contributed by atoms with Crippen LogP contribution in [0.15, 0.2) is 39.5 Å². The molecule has 4 rings (SSSR count). The van der Waals surface area contributed by atoms with Gasteiger partial charge in [0.25, 0.3) is 0 Å². The van der Waals surface area contributed by atoms with E-state index in [0.717, 1.165) is 11.3 Å². The molecule has 0 radical (unpaired) electrons. The summed E-state index contributed by atoms with van der Waals surface area (Å²) in [5.41, 5.74) is 1.47. The maximum absolute atomic E-state index is 12.8. The number of halogens is 3. The molecular weight excluding hydrogens is 401 g/mol. The summed E-state index contributed by atoms with van der Waals surface area (Å²) in [7, 11) is 1.60. The van der Waals surface area contributed by atoms with Gasteiger partial charge in [-0.05, 0) is 50.2 Å². The number of benzene rings is 1. The maximum atomic E-state index is 12.8. The third kappa shape index (κ3) is 4.81. The standard InChI is InChI=1S/C20H21F3N4O3/c1-28-16-4-2-13(3-5-16)19-24-15(12-29-19)10-17-25-18(30-26-17)11-27-8-6-14(7-9-27)20(21,22)23/h2-5,12,14H,6-11H2,1H3. The molecule has 30 heavy (non-hydrogen) atoms. The normalized spacial score (nSPS) is 16.1. The van der Waals surface area contributed by atoms with Crippen molar-refractivity contribution in [3.05, 3.63) is 47.9 Å². The number of alkyl halides is 3. The van der Waals surface area contributed by atoms with E-state index in [-0.39, 0.29) is 12.8 Å². The molecule has 3 aromatic rings. The maximum Gasteiger partial charge on any atom is 0.391 e. The molecule has 0 atom stereocenters. The molecule has 0 saturated carbocycles. The first kappa shape index (κ1) is 20.4. The molecule has 0 amide bonds. The van der Waals surface area contributed by atoms with Crippen LogP contribution in [-0.2, 0) is 13.0 Å². The van der Waals surface area contributed by atoms with Gasteiger partial charge in [0, 0.05) is 5.56 Å². The lowest BCUT2D eigenvalue weighted by atomic mass is 9.96. The van der Waals surface area contributed by atoms with Crippen LogP contribution in [0, 0.1) is 5.92 Å².